The summed E-state index contributed by atoms with van der Waals surface area (Å²) in [7, 11) is 0. The fourth-order valence-electron chi connectivity index (χ4n) is 1.11. The summed E-state index contributed by atoms with van der Waals surface area (Å²) in [6.07, 6.45) is 1.09. The van der Waals surface area contributed by atoms with E-state index in [0.29, 0.717) is 6.61 Å². The van der Waals surface area contributed by atoms with Crippen molar-refractivity contribution in [1.29, 1.82) is 0 Å². The van der Waals surface area contributed by atoms with Crippen LogP contribution in [0.3, 0.4) is 0 Å². The average molecular weight is 210 g/mol. The molecule has 1 unspecified atom stereocenters. The van der Waals surface area contributed by atoms with E-state index in [9.17, 15) is 14.0 Å². The van der Waals surface area contributed by atoms with E-state index in [2.05, 4.69) is 9.97 Å². The molecule has 6 heteroatoms. The Morgan fingerprint density at radius 2 is 2.33 bits per heavy atom. The van der Waals surface area contributed by atoms with Gasteiger partial charge in [0.2, 0.25) is 0 Å². The number of ketones is 2. The average Bonchev–Trinajstić information content (AvgIpc) is 3.01. The van der Waals surface area contributed by atoms with Gasteiger partial charge in [-0.1, -0.05) is 0 Å². The van der Waals surface area contributed by atoms with Crippen LogP contribution in [0.5, 0.6) is 0 Å². The van der Waals surface area contributed by atoms with Crippen LogP contribution in [0, 0.1) is 5.82 Å². The minimum atomic E-state index is -0.813. The van der Waals surface area contributed by atoms with Gasteiger partial charge in [-0.25, -0.2) is 14.4 Å². The molecule has 1 saturated heterocycles. The van der Waals surface area contributed by atoms with Crippen molar-refractivity contribution in [2.75, 3.05) is 6.61 Å². The number of hydrogen-bond acceptors (Lipinski definition) is 5. The molecule has 0 saturated carbocycles. The van der Waals surface area contributed by atoms with Gasteiger partial charge in [-0.05, 0) is 0 Å². The van der Waals surface area contributed by atoms with Crippen LogP contribution in [0.1, 0.15) is 16.9 Å². The highest BCUT2D eigenvalue weighted by molar-refractivity contribution is 6.08. The topological polar surface area (TPSA) is 72.5 Å². The van der Waals surface area contributed by atoms with E-state index in [-0.39, 0.29) is 17.9 Å². The molecule has 0 amide bonds. The number of rotatable bonds is 4. The first-order valence-electron chi connectivity index (χ1n) is 4.31. The molecule has 15 heavy (non-hydrogen) atoms. The summed E-state index contributed by atoms with van der Waals surface area (Å²) in [6, 6.07) is 0. The molecule has 1 aliphatic heterocycles. The molecule has 0 aliphatic carbocycles. The fourth-order valence-corrected chi connectivity index (χ4v) is 1.11. The maximum Gasteiger partial charge on any atom is 0.191 e. The lowest BCUT2D eigenvalue weighted by Crippen LogP contribution is -2.15. The van der Waals surface area contributed by atoms with Crippen molar-refractivity contribution in [1.82, 2.24) is 9.97 Å². The molecule has 1 aromatic rings. The molecule has 2 heterocycles. The monoisotopic (exact) mass is 210 g/mol. The van der Waals surface area contributed by atoms with Crippen LogP contribution < -0.4 is 0 Å². The van der Waals surface area contributed by atoms with Crippen LogP contribution in [0.4, 0.5) is 4.39 Å². The number of aromatic nitrogens is 2. The molecule has 78 valence electrons. The van der Waals surface area contributed by atoms with Gasteiger partial charge in [0, 0.05) is 0 Å². The van der Waals surface area contributed by atoms with Gasteiger partial charge in [-0.15, -0.1) is 0 Å². The van der Waals surface area contributed by atoms with Crippen molar-refractivity contribution in [2.45, 2.75) is 12.5 Å². The maximum atomic E-state index is 13.0. The fraction of sp³-hybridized carbons (Fsp3) is 0.333. The molecule has 0 N–H and O–H groups in total. The smallest absolute Gasteiger partial charge is 0.191 e. The number of carbonyl (C=O) groups is 2. The van der Waals surface area contributed by atoms with Crippen LogP contribution in [-0.2, 0) is 9.53 Å². The van der Waals surface area contributed by atoms with Crippen molar-refractivity contribution < 1.29 is 18.7 Å². The Morgan fingerprint density at radius 1 is 1.60 bits per heavy atom. The van der Waals surface area contributed by atoms with Gasteiger partial charge >= 0.3 is 0 Å². The summed E-state index contributed by atoms with van der Waals surface area (Å²) in [5.41, 5.74) is -0.348. The van der Waals surface area contributed by atoms with Gasteiger partial charge < -0.3 is 4.74 Å². The Hall–Kier alpha value is -1.69. The molecular formula is C9H7FN2O3. The Bertz CT molecular complexity index is 418. The highest BCUT2D eigenvalue weighted by atomic mass is 19.1. The second-order valence-corrected chi connectivity index (χ2v) is 3.11. The lowest BCUT2D eigenvalue weighted by atomic mass is 10.1. The zero-order chi connectivity index (χ0) is 10.8. The van der Waals surface area contributed by atoms with Gasteiger partial charge in [0.25, 0.3) is 0 Å². The van der Waals surface area contributed by atoms with E-state index < -0.39 is 17.7 Å². The van der Waals surface area contributed by atoms with Crippen LogP contribution in [0.15, 0.2) is 12.5 Å². The number of carbonyl (C=O) groups excluding carboxylic acids is 2. The molecule has 2 rings (SSSR count). The lowest BCUT2D eigenvalue weighted by molar-refractivity contribution is -0.119. The number of halogens is 1. The first-order chi connectivity index (χ1) is 7.18. The molecule has 1 aliphatic rings. The highest BCUT2D eigenvalue weighted by Crippen LogP contribution is 2.14. The van der Waals surface area contributed by atoms with Gasteiger partial charge in [0.15, 0.2) is 17.4 Å². The van der Waals surface area contributed by atoms with E-state index in [1.54, 1.807) is 0 Å². The predicted octanol–water partition coefficient (Wildman–Crippen LogP) is 0.156. The molecule has 1 aromatic heterocycles. The molecule has 1 fully saturated rings. The number of nitrogens with zero attached hydrogens (tertiary/aromatic N) is 2. The van der Waals surface area contributed by atoms with E-state index in [1.165, 1.54) is 0 Å². The zero-order valence-electron chi connectivity index (χ0n) is 7.64. The number of hydrogen-bond donors (Lipinski definition) is 0. The molecular weight excluding hydrogens is 203 g/mol. The first-order valence-corrected chi connectivity index (χ1v) is 4.31. The lowest BCUT2D eigenvalue weighted by Gasteiger charge is -1.98. The third-order valence-electron chi connectivity index (χ3n) is 1.96. The molecule has 5 nitrogen and oxygen atoms in total. The Kier molecular flexibility index (Phi) is 2.51. The normalized spacial score (nSPS) is 18.6. The molecule has 0 aromatic carbocycles. The minimum absolute atomic E-state index is 0.335. The Labute approximate surface area is 84.3 Å². The zero-order valence-corrected chi connectivity index (χ0v) is 7.64. The van der Waals surface area contributed by atoms with E-state index >= 15 is 0 Å². The third-order valence-corrected chi connectivity index (χ3v) is 1.96. The molecule has 0 spiro atoms. The number of ether oxygens (including phenoxy) is 1. The largest absolute Gasteiger partial charge is 0.365 e. The highest BCUT2D eigenvalue weighted by Gasteiger charge is 2.33. The molecule has 1 atom stereocenters. The van der Waals surface area contributed by atoms with Crippen LogP contribution >= 0.6 is 0 Å². The van der Waals surface area contributed by atoms with E-state index in [0.717, 1.165) is 12.5 Å². The van der Waals surface area contributed by atoms with E-state index in [1.807, 2.05) is 0 Å². The van der Waals surface area contributed by atoms with Crippen molar-refractivity contribution >= 4 is 11.6 Å². The van der Waals surface area contributed by atoms with Crippen LogP contribution in [0.25, 0.3) is 0 Å². The van der Waals surface area contributed by atoms with Gasteiger partial charge in [-0.3, -0.25) is 9.59 Å². The predicted molar refractivity (Wildman–Crippen MR) is 45.7 cm³/mol. The summed E-state index contributed by atoms with van der Waals surface area (Å²) >= 11 is 0. The maximum absolute atomic E-state index is 13.0. The first kappa shape index (κ1) is 9.85. The van der Waals surface area contributed by atoms with E-state index in [4.69, 9.17) is 4.74 Å². The number of epoxide rings is 1. The Morgan fingerprint density at radius 3 is 2.93 bits per heavy atom. The van der Waals surface area contributed by atoms with Gasteiger partial charge in [-0.2, -0.15) is 0 Å². The second kappa shape index (κ2) is 3.82. The summed E-state index contributed by atoms with van der Waals surface area (Å²) in [5.74, 6) is -1.79. The van der Waals surface area contributed by atoms with Gasteiger partial charge in [0.05, 0.1) is 19.2 Å². The summed E-state index contributed by atoms with van der Waals surface area (Å²) in [5, 5.41) is 0. The van der Waals surface area contributed by atoms with Crippen molar-refractivity contribution in [3.8, 4) is 0 Å². The van der Waals surface area contributed by atoms with Gasteiger partial charge in [0.1, 0.15) is 18.1 Å². The Balaban J connectivity index is 2.07. The SMILES string of the molecule is O=C(CC(=O)C1CO1)c1ncncc1F. The molecule has 0 bridgehead atoms. The quantitative estimate of drug-likeness (QED) is 0.402. The summed E-state index contributed by atoms with van der Waals surface area (Å²) in [4.78, 5) is 29.5. The molecule has 0 radical (unpaired) electrons. The third kappa shape index (κ3) is 2.21. The summed E-state index contributed by atoms with van der Waals surface area (Å²) < 4.78 is 17.7. The van der Waals surface area contributed by atoms with Crippen LogP contribution in [0.2, 0.25) is 0 Å². The van der Waals surface area contributed by atoms with Crippen LogP contribution in [-0.4, -0.2) is 34.2 Å². The number of Topliss-reactive ketones (excluding diaryl/α,β-unsaturated/α-hetero) is 2. The second-order valence-electron chi connectivity index (χ2n) is 3.11. The standard InChI is InChI=1S/C9H7FN2O3/c10-5-2-11-4-12-9(5)7(14)1-6(13)8-3-15-8/h2,4,8H,1,3H2. The van der Waals surface area contributed by atoms with Crippen molar-refractivity contribution in [2.24, 2.45) is 0 Å². The van der Waals surface area contributed by atoms with Crippen molar-refractivity contribution in [3.63, 3.8) is 0 Å². The summed E-state index contributed by atoms with van der Waals surface area (Å²) in [6.45, 7) is 0.346. The minimum Gasteiger partial charge on any atom is -0.365 e. The van der Waals surface area contributed by atoms with Crippen molar-refractivity contribution in [3.05, 3.63) is 24.0 Å².